The lowest BCUT2D eigenvalue weighted by Gasteiger charge is -2.15. The van der Waals surface area contributed by atoms with Gasteiger partial charge in [0.05, 0.1) is 12.1 Å². The van der Waals surface area contributed by atoms with Crippen LogP contribution >= 0.6 is 15.9 Å². The molecule has 0 saturated carbocycles. The van der Waals surface area contributed by atoms with E-state index in [4.69, 9.17) is 14.9 Å². The highest BCUT2D eigenvalue weighted by Gasteiger charge is 2.15. The molecule has 0 bridgehead atoms. The number of nitrogens with zero attached hydrogens (tertiary/aromatic N) is 3. The molecule has 150 valence electrons. The van der Waals surface area contributed by atoms with E-state index in [2.05, 4.69) is 58.0 Å². The maximum absolute atomic E-state index is 9.02. The molecule has 0 radical (unpaired) electrons. The van der Waals surface area contributed by atoms with Gasteiger partial charge in [-0.1, -0.05) is 35.6 Å². The van der Waals surface area contributed by atoms with Crippen LogP contribution in [0.3, 0.4) is 0 Å². The van der Waals surface area contributed by atoms with Crippen LogP contribution in [-0.2, 0) is 11.5 Å². The summed E-state index contributed by atoms with van der Waals surface area (Å²) in [5.41, 5.74) is 2.90. The molecule has 0 amide bonds. The number of aromatic nitrogens is 3. The monoisotopic (exact) mass is 462 g/mol. The van der Waals surface area contributed by atoms with Gasteiger partial charge >= 0.3 is 0 Å². The van der Waals surface area contributed by atoms with Crippen LogP contribution in [0.4, 0.5) is 5.82 Å². The number of pyridine rings is 1. The largest absolute Gasteiger partial charge is 0.395 e. The second kappa shape index (κ2) is 9.17. The summed E-state index contributed by atoms with van der Waals surface area (Å²) < 4.78 is 8.86. The Bertz CT molecular complexity index is 940. The van der Waals surface area contributed by atoms with Crippen molar-refractivity contribution in [3.63, 3.8) is 0 Å². The molecule has 0 aliphatic carbocycles. The van der Waals surface area contributed by atoms with Crippen LogP contribution in [0.25, 0.3) is 22.2 Å². The minimum atomic E-state index is -1.11. The van der Waals surface area contributed by atoms with Crippen molar-refractivity contribution in [2.24, 2.45) is 0 Å². The van der Waals surface area contributed by atoms with Crippen LogP contribution in [0, 0.1) is 0 Å². The lowest BCUT2D eigenvalue weighted by molar-refractivity contribution is 0.0818. The van der Waals surface area contributed by atoms with E-state index >= 15 is 0 Å². The molecule has 0 unspecified atom stereocenters. The van der Waals surface area contributed by atoms with Crippen molar-refractivity contribution in [3.8, 4) is 11.3 Å². The zero-order valence-electron chi connectivity index (χ0n) is 16.6. The van der Waals surface area contributed by atoms with Crippen LogP contribution in [0.2, 0.25) is 25.7 Å². The van der Waals surface area contributed by atoms with Crippen molar-refractivity contribution in [1.29, 1.82) is 0 Å². The molecule has 2 aromatic heterocycles. The molecule has 0 aliphatic heterocycles. The lowest BCUT2D eigenvalue weighted by Crippen LogP contribution is -2.22. The number of nitrogens with one attached hydrogen (secondary N) is 1. The number of rotatable bonds is 9. The molecule has 3 rings (SSSR count). The topological polar surface area (TPSA) is 72.2 Å². The number of halogens is 1. The Morgan fingerprint density at radius 3 is 2.79 bits per heavy atom. The van der Waals surface area contributed by atoms with Crippen molar-refractivity contribution in [2.75, 3.05) is 25.1 Å². The Balaban J connectivity index is 1.89. The predicted molar refractivity (Wildman–Crippen MR) is 120 cm³/mol. The van der Waals surface area contributed by atoms with E-state index < -0.39 is 8.07 Å². The third kappa shape index (κ3) is 5.41. The summed E-state index contributed by atoms with van der Waals surface area (Å²) in [4.78, 5) is 4.30. The number of fused-ring (bicyclic) bond motifs is 1. The Kier molecular flexibility index (Phi) is 6.87. The van der Waals surface area contributed by atoms with Crippen LogP contribution in [-0.4, -0.2) is 47.7 Å². The average Bonchev–Trinajstić information content (AvgIpc) is 3.01. The zero-order valence-corrected chi connectivity index (χ0v) is 19.2. The van der Waals surface area contributed by atoms with Gasteiger partial charge in [-0.3, -0.25) is 0 Å². The van der Waals surface area contributed by atoms with E-state index in [0.29, 0.717) is 13.3 Å². The molecule has 0 spiro atoms. The number of hydrogen-bond acceptors (Lipinski definition) is 5. The summed E-state index contributed by atoms with van der Waals surface area (Å²) in [7, 11) is -1.11. The van der Waals surface area contributed by atoms with Gasteiger partial charge in [-0.05, 0) is 36.4 Å². The van der Waals surface area contributed by atoms with Gasteiger partial charge in [0.2, 0.25) is 0 Å². The van der Waals surface area contributed by atoms with E-state index in [-0.39, 0.29) is 6.61 Å². The summed E-state index contributed by atoms with van der Waals surface area (Å²) in [6.07, 6.45) is 1.75. The van der Waals surface area contributed by atoms with E-state index in [0.717, 1.165) is 45.1 Å². The van der Waals surface area contributed by atoms with Crippen molar-refractivity contribution in [2.45, 2.75) is 32.4 Å². The molecule has 0 atom stereocenters. The second-order valence-corrected chi connectivity index (χ2v) is 14.5. The first-order valence-corrected chi connectivity index (χ1v) is 13.9. The fourth-order valence-electron chi connectivity index (χ4n) is 2.85. The van der Waals surface area contributed by atoms with E-state index in [1.165, 1.54) is 0 Å². The molecule has 1 aromatic carbocycles. The molecule has 2 heterocycles. The number of aliphatic hydroxyl groups is 1. The Labute approximate surface area is 175 Å². The second-order valence-electron chi connectivity index (χ2n) is 7.94. The minimum Gasteiger partial charge on any atom is -0.395 e. The van der Waals surface area contributed by atoms with Crippen LogP contribution < -0.4 is 5.32 Å². The SMILES string of the molecule is C[Si](C)(C)CCOCn1nc(-c2ccnc(NCCO)c2)c2cc(Br)ccc21. The summed E-state index contributed by atoms with van der Waals surface area (Å²) >= 11 is 3.57. The van der Waals surface area contributed by atoms with Crippen molar-refractivity contribution in [3.05, 3.63) is 41.0 Å². The number of aliphatic hydroxyl groups excluding tert-OH is 1. The molecular formula is C20H27BrN4O2Si. The lowest BCUT2D eigenvalue weighted by atomic mass is 10.1. The van der Waals surface area contributed by atoms with Crippen molar-refractivity contribution < 1.29 is 9.84 Å². The Morgan fingerprint density at radius 2 is 2.04 bits per heavy atom. The van der Waals surface area contributed by atoms with Gasteiger partial charge < -0.3 is 15.2 Å². The van der Waals surface area contributed by atoms with Gasteiger partial charge in [0.1, 0.15) is 18.2 Å². The molecule has 6 nitrogen and oxygen atoms in total. The van der Waals surface area contributed by atoms with Crippen LogP contribution in [0.5, 0.6) is 0 Å². The summed E-state index contributed by atoms with van der Waals surface area (Å²) in [5.74, 6) is 0.718. The number of ether oxygens (including phenoxy) is 1. The fraction of sp³-hybridized carbons (Fsp3) is 0.400. The standard InChI is InChI=1S/C20H27BrN4O2Si/c1-28(2,3)11-10-27-14-25-18-5-4-16(21)13-17(18)20(24-25)15-6-7-22-19(12-15)23-8-9-26/h4-7,12-13,26H,8-11,14H2,1-3H3,(H,22,23). The van der Waals surface area contributed by atoms with E-state index in [9.17, 15) is 0 Å². The molecule has 0 fully saturated rings. The first-order valence-electron chi connectivity index (χ1n) is 9.42. The summed E-state index contributed by atoms with van der Waals surface area (Å²) in [5, 5.41) is 18.0. The fourth-order valence-corrected chi connectivity index (χ4v) is 3.97. The molecular weight excluding hydrogens is 436 g/mol. The zero-order chi connectivity index (χ0) is 20.1. The third-order valence-electron chi connectivity index (χ3n) is 4.37. The first-order chi connectivity index (χ1) is 13.4. The highest BCUT2D eigenvalue weighted by Crippen LogP contribution is 2.31. The van der Waals surface area contributed by atoms with Gasteiger partial charge in [-0.15, -0.1) is 0 Å². The Morgan fingerprint density at radius 1 is 1.21 bits per heavy atom. The van der Waals surface area contributed by atoms with Gasteiger partial charge in [0, 0.05) is 42.8 Å². The first kappa shape index (κ1) is 21.0. The number of benzene rings is 1. The van der Waals surface area contributed by atoms with Crippen LogP contribution in [0.15, 0.2) is 41.0 Å². The molecule has 8 heteroatoms. The predicted octanol–water partition coefficient (Wildman–Crippen LogP) is 4.58. The molecule has 2 N–H and O–H groups in total. The van der Waals surface area contributed by atoms with Crippen molar-refractivity contribution >= 4 is 40.7 Å². The van der Waals surface area contributed by atoms with Crippen LogP contribution in [0.1, 0.15) is 0 Å². The number of hydrogen-bond donors (Lipinski definition) is 2. The van der Waals surface area contributed by atoms with Gasteiger partial charge in [-0.2, -0.15) is 5.10 Å². The molecule has 3 aromatic rings. The minimum absolute atomic E-state index is 0.0607. The highest BCUT2D eigenvalue weighted by atomic mass is 79.9. The number of anilines is 1. The maximum atomic E-state index is 9.02. The molecule has 28 heavy (non-hydrogen) atoms. The average molecular weight is 463 g/mol. The Hall–Kier alpha value is -1.74. The van der Waals surface area contributed by atoms with Gasteiger partial charge in [-0.25, -0.2) is 9.67 Å². The summed E-state index contributed by atoms with van der Waals surface area (Å²) in [6, 6.07) is 11.2. The normalized spacial score (nSPS) is 11.9. The van der Waals surface area contributed by atoms with Gasteiger partial charge in [0.25, 0.3) is 0 Å². The van der Waals surface area contributed by atoms with E-state index in [1.54, 1.807) is 6.20 Å². The quantitative estimate of drug-likeness (QED) is 0.359. The maximum Gasteiger partial charge on any atom is 0.140 e. The molecule has 0 aliphatic rings. The van der Waals surface area contributed by atoms with Crippen molar-refractivity contribution in [1.82, 2.24) is 14.8 Å². The smallest absolute Gasteiger partial charge is 0.140 e. The highest BCUT2D eigenvalue weighted by molar-refractivity contribution is 9.10. The summed E-state index contributed by atoms with van der Waals surface area (Å²) in [6.45, 7) is 8.76. The van der Waals surface area contributed by atoms with E-state index in [1.807, 2.05) is 22.9 Å². The molecule has 0 saturated heterocycles. The third-order valence-corrected chi connectivity index (χ3v) is 6.57. The van der Waals surface area contributed by atoms with Gasteiger partial charge in [0.15, 0.2) is 0 Å².